The Hall–Kier alpha value is -4.46. The summed E-state index contributed by atoms with van der Waals surface area (Å²) in [4.78, 5) is 11.3. The number of hydrazone groups is 1. The molecule has 0 unspecified atom stereocenters. The Morgan fingerprint density at radius 1 is 0.970 bits per heavy atom. The molecule has 4 aromatic rings. The Kier molecular flexibility index (Phi) is 5.10. The quantitative estimate of drug-likeness (QED) is 0.504. The lowest BCUT2D eigenvalue weighted by molar-refractivity contribution is 0.0697. The zero-order valence-corrected chi connectivity index (χ0v) is 18.1. The van der Waals surface area contributed by atoms with Gasteiger partial charge in [0.25, 0.3) is 5.95 Å². The summed E-state index contributed by atoms with van der Waals surface area (Å²) in [6.45, 7) is 2.37. The van der Waals surface area contributed by atoms with E-state index in [1.54, 1.807) is 31.4 Å². The van der Waals surface area contributed by atoms with Crippen LogP contribution in [0.5, 0.6) is 5.75 Å². The molecule has 0 aliphatic carbocycles. The molecular weight excluding hydrogens is 418 g/mol. The van der Waals surface area contributed by atoms with E-state index in [0.717, 1.165) is 39.7 Å². The summed E-state index contributed by atoms with van der Waals surface area (Å²) >= 11 is 0. The Labute approximate surface area is 190 Å². The van der Waals surface area contributed by atoms with Crippen LogP contribution < -0.4 is 9.75 Å². The second-order valence-corrected chi connectivity index (χ2v) is 7.64. The highest BCUT2D eigenvalue weighted by Gasteiger charge is 2.26. The van der Waals surface area contributed by atoms with Gasteiger partial charge in [-0.05, 0) is 42.8 Å². The maximum atomic E-state index is 11.3. The summed E-state index contributed by atoms with van der Waals surface area (Å²) in [7, 11) is 1.64. The van der Waals surface area contributed by atoms with Crippen LogP contribution in [0.15, 0.2) is 77.9 Å². The van der Waals surface area contributed by atoms with Crippen molar-refractivity contribution in [3.63, 3.8) is 0 Å². The maximum absolute atomic E-state index is 11.3. The fraction of sp³-hybridized carbons (Fsp3) is 0.120. The molecule has 1 aromatic heterocycles. The summed E-state index contributed by atoms with van der Waals surface area (Å²) in [5, 5.41) is 24.8. The average molecular weight is 439 g/mol. The first-order chi connectivity index (χ1) is 16.0. The van der Waals surface area contributed by atoms with Crippen molar-refractivity contribution < 1.29 is 14.6 Å². The van der Waals surface area contributed by atoms with Crippen molar-refractivity contribution >= 4 is 17.6 Å². The third-order valence-electron chi connectivity index (χ3n) is 5.56. The van der Waals surface area contributed by atoms with Crippen LogP contribution in [0.3, 0.4) is 0 Å². The molecule has 0 saturated carbocycles. The van der Waals surface area contributed by atoms with Crippen molar-refractivity contribution in [2.24, 2.45) is 5.10 Å². The fourth-order valence-corrected chi connectivity index (χ4v) is 3.88. The number of para-hydroxylation sites is 1. The molecule has 0 atom stereocenters. The molecule has 1 aliphatic rings. The molecular formula is C25H21N5O3. The van der Waals surface area contributed by atoms with Gasteiger partial charge in [-0.2, -0.15) is 5.10 Å². The molecule has 164 valence electrons. The minimum atomic E-state index is -0.965. The summed E-state index contributed by atoms with van der Waals surface area (Å²) < 4.78 is 7.26. The smallest absolute Gasteiger partial charge is 0.335 e. The van der Waals surface area contributed by atoms with E-state index in [1.165, 1.54) is 0 Å². The Morgan fingerprint density at radius 2 is 1.70 bits per heavy atom. The van der Waals surface area contributed by atoms with Gasteiger partial charge in [0.2, 0.25) is 0 Å². The van der Waals surface area contributed by atoms with Gasteiger partial charge in [-0.3, -0.25) is 4.57 Å². The van der Waals surface area contributed by atoms with Crippen LogP contribution in [-0.4, -0.2) is 38.7 Å². The van der Waals surface area contributed by atoms with E-state index in [4.69, 9.17) is 9.84 Å². The zero-order chi connectivity index (χ0) is 22.9. The first-order valence-corrected chi connectivity index (χ1v) is 10.4. The first-order valence-electron chi connectivity index (χ1n) is 10.4. The maximum Gasteiger partial charge on any atom is 0.335 e. The number of carboxylic acid groups (broad SMARTS) is 1. The Morgan fingerprint density at radius 3 is 2.39 bits per heavy atom. The summed E-state index contributed by atoms with van der Waals surface area (Å²) in [6, 6.07) is 22.5. The standard InChI is InChI=1S/C25H21N5O3/c1-16-26-27-25-29(15-17-7-13-20(33-2)14-8-17)28-23(18-9-11-19(12-10-18)24(31)32)21-5-3-4-6-22(21)30(16)25/h3-14H,15H2,1-2H3,(H,31,32). The summed E-state index contributed by atoms with van der Waals surface area (Å²) in [5.74, 6) is 1.17. The van der Waals surface area contributed by atoms with Crippen molar-refractivity contribution in [1.29, 1.82) is 0 Å². The molecule has 0 fully saturated rings. The predicted molar refractivity (Wildman–Crippen MR) is 124 cm³/mol. The van der Waals surface area contributed by atoms with Crippen LogP contribution in [0.4, 0.5) is 5.95 Å². The number of aryl methyl sites for hydroxylation is 1. The number of methoxy groups -OCH3 is 1. The number of fused-ring (bicyclic) bond motifs is 3. The van der Waals surface area contributed by atoms with Crippen LogP contribution in [0, 0.1) is 6.92 Å². The van der Waals surface area contributed by atoms with E-state index in [9.17, 15) is 9.90 Å². The van der Waals surface area contributed by atoms with Gasteiger partial charge in [-0.1, -0.05) is 42.5 Å². The van der Waals surface area contributed by atoms with E-state index < -0.39 is 5.97 Å². The molecule has 5 rings (SSSR count). The number of nitrogens with zero attached hydrogens (tertiary/aromatic N) is 5. The van der Waals surface area contributed by atoms with Gasteiger partial charge in [0, 0.05) is 11.1 Å². The molecule has 1 aliphatic heterocycles. The SMILES string of the molecule is COc1ccc(CN2N=C(c3ccc(C(=O)O)cc3)c3ccccc3-n3c(C)nnc32)cc1. The zero-order valence-electron chi connectivity index (χ0n) is 18.1. The van der Waals surface area contributed by atoms with Gasteiger partial charge >= 0.3 is 5.97 Å². The van der Waals surface area contributed by atoms with E-state index in [0.29, 0.717) is 12.5 Å². The highest BCUT2D eigenvalue weighted by Crippen LogP contribution is 2.30. The van der Waals surface area contributed by atoms with Gasteiger partial charge in [-0.15, -0.1) is 10.2 Å². The van der Waals surface area contributed by atoms with Crippen molar-refractivity contribution in [3.05, 3.63) is 101 Å². The number of hydrogen-bond acceptors (Lipinski definition) is 6. The molecule has 8 heteroatoms. The van der Waals surface area contributed by atoms with Gasteiger partial charge in [-0.25, -0.2) is 9.80 Å². The molecule has 33 heavy (non-hydrogen) atoms. The molecule has 8 nitrogen and oxygen atoms in total. The lowest BCUT2D eigenvalue weighted by atomic mass is 9.99. The number of aromatic nitrogens is 3. The van der Waals surface area contributed by atoms with Gasteiger partial charge in [0.15, 0.2) is 0 Å². The average Bonchev–Trinajstić information content (AvgIpc) is 3.16. The third kappa shape index (κ3) is 3.71. The predicted octanol–water partition coefficient (Wildman–Crippen LogP) is 4.06. The third-order valence-corrected chi connectivity index (χ3v) is 5.56. The second-order valence-electron chi connectivity index (χ2n) is 7.64. The number of ether oxygens (including phenoxy) is 1. The number of aromatic carboxylic acids is 1. The monoisotopic (exact) mass is 439 g/mol. The van der Waals surface area contributed by atoms with Crippen LogP contribution in [0.25, 0.3) is 5.69 Å². The molecule has 0 saturated heterocycles. The Balaban J connectivity index is 1.66. The number of carbonyl (C=O) groups is 1. The summed E-state index contributed by atoms with van der Waals surface area (Å²) in [5.41, 5.74) is 4.60. The lowest BCUT2D eigenvalue weighted by Crippen LogP contribution is -2.20. The molecule has 3 aromatic carbocycles. The topological polar surface area (TPSA) is 92.8 Å². The van der Waals surface area contributed by atoms with Gasteiger partial charge in [0.05, 0.1) is 24.9 Å². The van der Waals surface area contributed by atoms with E-state index in [1.807, 2.05) is 65.0 Å². The van der Waals surface area contributed by atoms with Crippen LogP contribution in [-0.2, 0) is 6.54 Å². The largest absolute Gasteiger partial charge is 0.497 e. The Bertz CT molecular complexity index is 1360. The van der Waals surface area contributed by atoms with Crippen molar-refractivity contribution in [1.82, 2.24) is 14.8 Å². The molecule has 0 bridgehead atoms. The molecule has 0 spiro atoms. The second kappa shape index (κ2) is 8.23. The normalized spacial score (nSPS) is 12.4. The summed E-state index contributed by atoms with van der Waals surface area (Å²) in [6.07, 6.45) is 0. The van der Waals surface area contributed by atoms with Crippen molar-refractivity contribution in [3.8, 4) is 11.4 Å². The van der Waals surface area contributed by atoms with Crippen LogP contribution in [0.2, 0.25) is 0 Å². The lowest BCUT2D eigenvalue weighted by Gasteiger charge is -2.18. The number of anilines is 1. The van der Waals surface area contributed by atoms with E-state index in [-0.39, 0.29) is 5.56 Å². The molecule has 2 heterocycles. The highest BCUT2D eigenvalue weighted by atomic mass is 16.5. The van der Waals surface area contributed by atoms with Crippen molar-refractivity contribution in [2.75, 3.05) is 12.1 Å². The van der Waals surface area contributed by atoms with E-state index in [2.05, 4.69) is 10.2 Å². The number of rotatable bonds is 5. The van der Waals surface area contributed by atoms with E-state index >= 15 is 0 Å². The fourth-order valence-electron chi connectivity index (χ4n) is 3.88. The minimum Gasteiger partial charge on any atom is -0.497 e. The van der Waals surface area contributed by atoms with Crippen LogP contribution in [0.1, 0.15) is 32.9 Å². The van der Waals surface area contributed by atoms with Crippen molar-refractivity contribution in [2.45, 2.75) is 13.5 Å². The number of benzene rings is 3. The molecule has 0 amide bonds. The number of carboxylic acids is 1. The molecule has 0 radical (unpaired) electrons. The number of hydrogen-bond donors (Lipinski definition) is 1. The highest BCUT2D eigenvalue weighted by molar-refractivity contribution is 6.15. The van der Waals surface area contributed by atoms with Gasteiger partial charge in [0.1, 0.15) is 17.3 Å². The minimum absolute atomic E-state index is 0.226. The first kappa shape index (κ1) is 20.4. The molecule has 1 N–H and O–H groups in total. The van der Waals surface area contributed by atoms with Crippen LogP contribution >= 0.6 is 0 Å². The van der Waals surface area contributed by atoms with Gasteiger partial charge < -0.3 is 9.84 Å².